The van der Waals surface area contributed by atoms with Crippen molar-refractivity contribution in [2.75, 3.05) is 33.2 Å². The molecule has 2 N–H and O–H groups in total. The third kappa shape index (κ3) is 11.9. The van der Waals surface area contributed by atoms with Gasteiger partial charge in [-0.2, -0.15) is 0 Å². The quantitative estimate of drug-likeness (QED) is 0.483. The first-order valence-corrected chi connectivity index (χ1v) is 11.1. The van der Waals surface area contributed by atoms with E-state index in [4.69, 9.17) is 0 Å². The zero-order valence-electron chi connectivity index (χ0n) is 18.2. The summed E-state index contributed by atoms with van der Waals surface area (Å²) < 4.78 is 0. The highest BCUT2D eigenvalue weighted by Gasteiger charge is 2.22. The van der Waals surface area contributed by atoms with Crippen LogP contribution in [0, 0.1) is 17.8 Å². The molecule has 0 aromatic carbocycles. The van der Waals surface area contributed by atoms with Crippen molar-refractivity contribution in [3.8, 4) is 0 Å². The second-order valence-corrected chi connectivity index (χ2v) is 9.31. The van der Waals surface area contributed by atoms with Crippen LogP contribution in [0.3, 0.4) is 0 Å². The second-order valence-electron chi connectivity index (χ2n) is 9.31. The molecule has 1 aliphatic rings. The summed E-state index contributed by atoms with van der Waals surface area (Å²) in [6, 6.07) is 0.526. The van der Waals surface area contributed by atoms with Gasteiger partial charge >= 0.3 is 0 Å². The minimum absolute atomic E-state index is 0.160. The second kappa shape index (κ2) is 13.5. The summed E-state index contributed by atoms with van der Waals surface area (Å²) in [6.07, 6.45) is 9.90. The van der Waals surface area contributed by atoms with Gasteiger partial charge in [-0.25, -0.2) is 0 Å². The largest absolute Gasteiger partial charge is 0.355 e. The fourth-order valence-electron chi connectivity index (χ4n) is 4.07. The van der Waals surface area contributed by atoms with Crippen LogP contribution in [-0.2, 0) is 4.79 Å². The first-order valence-electron chi connectivity index (χ1n) is 11.1. The Morgan fingerprint density at radius 1 is 1.00 bits per heavy atom. The molecule has 1 rings (SSSR count). The topological polar surface area (TPSA) is 44.4 Å². The van der Waals surface area contributed by atoms with E-state index in [1.807, 2.05) is 0 Å². The van der Waals surface area contributed by atoms with Crippen molar-refractivity contribution in [3.63, 3.8) is 0 Å². The van der Waals surface area contributed by atoms with Gasteiger partial charge in [-0.1, -0.05) is 47.0 Å². The Labute approximate surface area is 162 Å². The number of rotatable bonds is 13. The molecule has 0 radical (unpaired) electrons. The highest BCUT2D eigenvalue weighted by Crippen LogP contribution is 2.25. The summed E-state index contributed by atoms with van der Waals surface area (Å²) in [5.74, 6) is 2.52. The summed E-state index contributed by atoms with van der Waals surface area (Å²) in [6.45, 7) is 12.8. The molecule has 0 aromatic heterocycles. The molecule has 0 aliphatic heterocycles. The number of amides is 1. The van der Waals surface area contributed by atoms with Crippen LogP contribution in [0.25, 0.3) is 0 Å². The maximum absolute atomic E-state index is 12.0. The van der Waals surface area contributed by atoms with Crippen LogP contribution >= 0.6 is 0 Å². The van der Waals surface area contributed by atoms with Gasteiger partial charge in [0.2, 0.25) is 5.91 Å². The number of carbonyl (C=O) groups is 1. The molecule has 0 aromatic rings. The average Bonchev–Trinajstić information content (AvgIpc) is 2.56. The lowest BCUT2D eigenvalue weighted by Crippen LogP contribution is -2.42. The molecule has 0 saturated heterocycles. The predicted octanol–water partition coefficient (Wildman–Crippen LogP) is 4.06. The number of unbranched alkanes of at least 4 members (excludes halogenated alkanes) is 2. The van der Waals surface area contributed by atoms with Crippen molar-refractivity contribution in [1.29, 1.82) is 0 Å². The molecule has 26 heavy (non-hydrogen) atoms. The van der Waals surface area contributed by atoms with E-state index in [1.165, 1.54) is 58.0 Å². The summed E-state index contributed by atoms with van der Waals surface area (Å²) in [5, 5.41) is 6.52. The predicted molar refractivity (Wildman–Crippen MR) is 112 cm³/mol. The molecule has 0 atom stereocenters. The zero-order chi connectivity index (χ0) is 19.4. The van der Waals surface area contributed by atoms with Crippen LogP contribution in [0.2, 0.25) is 0 Å². The highest BCUT2D eigenvalue weighted by molar-refractivity contribution is 5.77. The van der Waals surface area contributed by atoms with Crippen LogP contribution in [0.15, 0.2) is 0 Å². The minimum Gasteiger partial charge on any atom is -0.355 e. The van der Waals surface area contributed by atoms with Crippen molar-refractivity contribution in [1.82, 2.24) is 15.5 Å². The Kier molecular flexibility index (Phi) is 12.2. The van der Waals surface area contributed by atoms with Crippen LogP contribution in [0.4, 0.5) is 0 Å². The number of nitrogens with zero attached hydrogens (tertiary/aromatic N) is 1. The number of hydrogen-bond acceptors (Lipinski definition) is 3. The van der Waals surface area contributed by atoms with Crippen LogP contribution in [0.5, 0.6) is 0 Å². The molecule has 154 valence electrons. The Hall–Kier alpha value is -0.610. The lowest BCUT2D eigenvalue weighted by atomic mass is 9.85. The maximum atomic E-state index is 12.0. The number of nitrogens with one attached hydrogen (secondary N) is 2. The van der Waals surface area contributed by atoms with E-state index in [0.717, 1.165) is 30.7 Å². The Morgan fingerprint density at radius 2 is 1.69 bits per heavy atom. The van der Waals surface area contributed by atoms with Gasteiger partial charge in [0.15, 0.2) is 0 Å². The molecule has 1 aliphatic carbocycles. The molecule has 1 fully saturated rings. The Morgan fingerprint density at radius 3 is 2.31 bits per heavy atom. The van der Waals surface area contributed by atoms with E-state index in [1.54, 1.807) is 0 Å². The summed E-state index contributed by atoms with van der Waals surface area (Å²) >= 11 is 0. The summed E-state index contributed by atoms with van der Waals surface area (Å²) in [7, 11) is 2.25. The van der Waals surface area contributed by atoms with Gasteiger partial charge in [-0.3, -0.25) is 4.79 Å². The highest BCUT2D eigenvalue weighted by atomic mass is 16.1. The standard InChI is InChI=1S/C22H45N3O/c1-18(2)9-7-6-8-14-23-22(26)15-24-21-12-10-20(11-13-21)17-25(5)16-19(3)4/h18-21,24H,6-17H2,1-5H3,(H,23,26). The van der Waals surface area contributed by atoms with Gasteiger partial charge in [0.1, 0.15) is 0 Å². The van der Waals surface area contributed by atoms with Crippen molar-refractivity contribution < 1.29 is 4.79 Å². The first-order chi connectivity index (χ1) is 12.4. The normalized spacial score (nSPS) is 20.9. The summed E-state index contributed by atoms with van der Waals surface area (Å²) in [5.41, 5.74) is 0. The molecule has 0 bridgehead atoms. The van der Waals surface area contributed by atoms with Crippen molar-refractivity contribution in [2.45, 2.75) is 85.1 Å². The van der Waals surface area contributed by atoms with Crippen molar-refractivity contribution in [2.24, 2.45) is 17.8 Å². The Bertz CT molecular complexity index is 362. The zero-order valence-corrected chi connectivity index (χ0v) is 18.2. The maximum Gasteiger partial charge on any atom is 0.233 e. The Balaban J connectivity index is 2.02. The fourth-order valence-corrected chi connectivity index (χ4v) is 4.07. The lowest BCUT2D eigenvalue weighted by molar-refractivity contribution is -0.120. The van der Waals surface area contributed by atoms with E-state index < -0.39 is 0 Å². The molecule has 0 spiro atoms. The van der Waals surface area contributed by atoms with Gasteiger partial charge in [-0.05, 0) is 56.9 Å². The van der Waals surface area contributed by atoms with Gasteiger partial charge < -0.3 is 15.5 Å². The summed E-state index contributed by atoms with van der Waals surface area (Å²) in [4.78, 5) is 14.4. The van der Waals surface area contributed by atoms with Crippen LogP contribution < -0.4 is 10.6 Å². The monoisotopic (exact) mass is 367 g/mol. The SMILES string of the molecule is CC(C)CCCCCNC(=O)CNC1CCC(CN(C)CC(C)C)CC1. The lowest BCUT2D eigenvalue weighted by Gasteiger charge is -2.32. The molecule has 0 unspecified atom stereocenters. The minimum atomic E-state index is 0.160. The van der Waals surface area contributed by atoms with Crippen molar-refractivity contribution >= 4 is 5.91 Å². The van der Waals surface area contributed by atoms with E-state index >= 15 is 0 Å². The van der Waals surface area contributed by atoms with E-state index in [0.29, 0.717) is 12.6 Å². The van der Waals surface area contributed by atoms with Gasteiger partial charge in [0.05, 0.1) is 6.54 Å². The molecule has 0 heterocycles. The van der Waals surface area contributed by atoms with Gasteiger partial charge in [0.25, 0.3) is 0 Å². The van der Waals surface area contributed by atoms with Crippen molar-refractivity contribution in [3.05, 3.63) is 0 Å². The smallest absolute Gasteiger partial charge is 0.233 e. The van der Waals surface area contributed by atoms with E-state index in [-0.39, 0.29) is 5.91 Å². The van der Waals surface area contributed by atoms with Gasteiger partial charge in [-0.15, -0.1) is 0 Å². The van der Waals surface area contributed by atoms with E-state index in [2.05, 4.69) is 50.3 Å². The molecule has 4 heteroatoms. The average molecular weight is 368 g/mol. The van der Waals surface area contributed by atoms with E-state index in [9.17, 15) is 4.79 Å². The third-order valence-electron chi connectivity index (χ3n) is 5.43. The molecule has 1 amide bonds. The number of carbonyl (C=O) groups excluding carboxylic acids is 1. The molecular formula is C22H45N3O. The van der Waals surface area contributed by atoms with Gasteiger partial charge in [0, 0.05) is 25.7 Å². The molecule has 1 saturated carbocycles. The molecular weight excluding hydrogens is 322 g/mol. The fraction of sp³-hybridized carbons (Fsp3) is 0.955. The molecule has 4 nitrogen and oxygen atoms in total. The first kappa shape index (κ1) is 23.4. The number of hydrogen-bond donors (Lipinski definition) is 2. The van der Waals surface area contributed by atoms with Crippen LogP contribution in [0.1, 0.15) is 79.1 Å². The third-order valence-corrected chi connectivity index (χ3v) is 5.43. The van der Waals surface area contributed by atoms with Crippen LogP contribution in [-0.4, -0.2) is 50.1 Å².